The van der Waals surface area contributed by atoms with E-state index in [2.05, 4.69) is 45.9 Å². The molecule has 0 spiro atoms. The lowest BCUT2D eigenvalue weighted by atomic mass is 9.85. The maximum absolute atomic E-state index is 10.9. The van der Waals surface area contributed by atoms with Crippen molar-refractivity contribution >= 4 is 11.5 Å². The fourth-order valence-corrected chi connectivity index (χ4v) is 2.57. The number of benzene rings is 1. The maximum atomic E-state index is 10.9. The molecule has 1 aromatic carbocycles. The predicted octanol–water partition coefficient (Wildman–Crippen LogP) is 3.96. The van der Waals surface area contributed by atoms with E-state index in [1.165, 1.54) is 17.2 Å². The van der Waals surface area contributed by atoms with Crippen molar-refractivity contribution in [2.75, 3.05) is 0 Å². The number of hydrogen-bond donors (Lipinski definition) is 1. The average Bonchev–Trinajstić information content (AvgIpc) is 2.53. The molecule has 1 N–H and O–H groups in total. The first-order chi connectivity index (χ1) is 8.29. The monoisotopic (exact) mass is 244 g/mol. The Hall–Kier alpha value is -1.57. The first-order valence-electron chi connectivity index (χ1n) is 6.37. The molecule has 0 aliphatic heterocycles. The van der Waals surface area contributed by atoms with Gasteiger partial charge in [0.05, 0.1) is 0 Å². The van der Waals surface area contributed by atoms with Gasteiger partial charge in [0.1, 0.15) is 0 Å². The van der Waals surface area contributed by atoms with Crippen LogP contribution in [0.2, 0.25) is 0 Å². The van der Waals surface area contributed by atoms with Crippen molar-refractivity contribution in [3.63, 3.8) is 0 Å². The zero-order chi connectivity index (χ0) is 13.5. The van der Waals surface area contributed by atoms with Crippen LogP contribution >= 0.6 is 0 Å². The van der Waals surface area contributed by atoms with Crippen molar-refractivity contribution in [3.8, 4) is 0 Å². The van der Waals surface area contributed by atoms with Crippen LogP contribution in [0.25, 0.3) is 5.57 Å². The third-order valence-corrected chi connectivity index (χ3v) is 3.62. The molecule has 0 radical (unpaired) electrons. The van der Waals surface area contributed by atoms with Crippen LogP contribution in [-0.4, -0.2) is 11.1 Å². The van der Waals surface area contributed by atoms with Crippen LogP contribution in [0.4, 0.5) is 0 Å². The summed E-state index contributed by atoms with van der Waals surface area (Å²) in [6, 6.07) is 6.48. The Bertz CT molecular complexity index is 518. The molecule has 1 aliphatic carbocycles. The molecule has 1 aromatic rings. The predicted molar refractivity (Wildman–Crippen MR) is 73.8 cm³/mol. The molecule has 0 saturated carbocycles. The van der Waals surface area contributed by atoms with E-state index in [4.69, 9.17) is 5.11 Å². The first-order valence-corrected chi connectivity index (χ1v) is 6.37. The van der Waals surface area contributed by atoms with Crippen LogP contribution in [0.15, 0.2) is 24.3 Å². The van der Waals surface area contributed by atoms with E-state index in [-0.39, 0.29) is 5.41 Å². The summed E-state index contributed by atoms with van der Waals surface area (Å²) < 4.78 is 0. The van der Waals surface area contributed by atoms with Gasteiger partial charge in [0, 0.05) is 6.08 Å². The topological polar surface area (TPSA) is 37.3 Å². The number of hydrogen-bond acceptors (Lipinski definition) is 1. The molecule has 0 amide bonds. The SMILES string of the molecule is CC1C/C(=C\C(=O)O)c2cc(C(C)(C)C)ccc21. The Morgan fingerprint density at radius 3 is 2.61 bits per heavy atom. The van der Waals surface area contributed by atoms with Gasteiger partial charge < -0.3 is 5.11 Å². The minimum atomic E-state index is -0.855. The molecule has 0 aromatic heterocycles. The Labute approximate surface area is 108 Å². The van der Waals surface area contributed by atoms with E-state index in [0.717, 1.165) is 17.6 Å². The zero-order valence-electron chi connectivity index (χ0n) is 11.4. The molecule has 1 atom stereocenters. The number of allylic oxidation sites excluding steroid dienone is 1. The smallest absolute Gasteiger partial charge is 0.328 e. The summed E-state index contributed by atoms with van der Waals surface area (Å²) in [6.45, 7) is 8.67. The molecule has 2 heteroatoms. The number of fused-ring (bicyclic) bond motifs is 1. The van der Waals surface area contributed by atoms with Gasteiger partial charge in [-0.2, -0.15) is 0 Å². The summed E-state index contributed by atoms with van der Waals surface area (Å²) in [5.41, 5.74) is 4.70. The van der Waals surface area contributed by atoms with E-state index in [9.17, 15) is 4.79 Å². The minimum absolute atomic E-state index is 0.0925. The van der Waals surface area contributed by atoms with Gasteiger partial charge in [0.25, 0.3) is 0 Å². The lowest BCUT2D eigenvalue weighted by molar-refractivity contribution is -0.131. The van der Waals surface area contributed by atoms with Crippen molar-refractivity contribution in [1.82, 2.24) is 0 Å². The van der Waals surface area contributed by atoms with Gasteiger partial charge in [-0.05, 0) is 40.0 Å². The Morgan fingerprint density at radius 2 is 2.06 bits per heavy atom. The largest absolute Gasteiger partial charge is 0.478 e. The van der Waals surface area contributed by atoms with Gasteiger partial charge in [-0.3, -0.25) is 0 Å². The summed E-state index contributed by atoms with van der Waals surface area (Å²) in [5, 5.41) is 8.94. The fourth-order valence-electron chi connectivity index (χ4n) is 2.57. The molecule has 1 unspecified atom stereocenters. The summed E-state index contributed by atoms with van der Waals surface area (Å²) in [6.07, 6.45) is 2.18. The summed E-state index contributed by atoms with van der Waals surface area (Å²) in [5.74, 6) is -0.439. The Morgan fingerprint density at radius 1 is 1.39 bits per heavy atom. The molecular weight excluding hydrogens is 224 g/mol. The molecule has 96 valence electrons. The fraction of sp³-hybridized carbons (Fsp3) is 0.438. The summed E-state index contributed by atoms with van der Waals surface area (Å²) in [4.78, 5) is 10.9. The second-order valence-electron chi connectivity index (χ2n) is 6.17. The van der Waals surface area contributed by atoms with Gasteiger partial charge in [-0.1, -0.05) is 45.9 Å². The van der Waals surface area contributed by atoms with Crippen molar-refractivity contribution < 1.29 is 9.90 Å². The van der Waals surface area contributed by atoms with Crippen LogP contribution in [0, 0.1) is 0 Å². The number of rotatable bonds is 1. The minimum Gasteiger partial charge on any atom is -0.478 e. The zero-order valence-corrected chi connectivity index (χ0v) is 11.4. The highest BCUT2D eigenvalue weighted by atomic mass is 16.4. The van der Waals surface area contributed by atoms with Gasteiger partial charge in [-0.15, -0.1) is 0 Å². The lowest BCUT2D eigenvalue weighted by Crippen LogP contribution is -2.11. The second-order valence-corrected chi connectivity index (χ2v) is 6.17. The molecule has 0 bridgehead atoms. The Balaban J connectivity index is 2.54. The van der Waals surface area contributed by atoms with Crippen LogP contribution < -0.4 is 0 Å². The molecule has 2 rings (SSSR count). The third-order valence-electron chi connectivity index (χ3n) is 3.62. The highest BCUT2D eigenvalue weighted by molar-refractivity contribution is 5.92. The molecule has 0 fully saturated rings. The summed E-state index contributed by atoms with van der Waals surface area (Å²) in [7, 11) is 0. The van der Waals surface area contributed by atoms with E-state index in [1.54, 1.807) is 0 Å². The Kier molecular flexibility index (Phi) is 3.05. The molecule has 0 heterocycles. The number of carboxylic acids is 1. The van der Waals surface area contributed by atoms with Crippen LogP contribution in [-0.2, 0) is 10.2 Å². The average molecular weight is 244 g/mol. The van der Waals surface area contributed by atoms with Crippen LogP contribution in [0.5, 0.6) is 0 Å². The first kappa shape index (κ1) is 12.9. The lowest BCUT2D eigenvalue weighted by Gasteiger charge is -2.20. The standard InChI is InChI=1S/C16H20O2/c1-10-7-11(8-15(17)18)14-9-12(16(2,3)4)5-6-13(10)14/h5-6,8-10H,7H2,1-4H3,(H,17,18)/b11-8+. The second kappa shape index (κ2) is 4.27. The number of carbonyl (C=O) groups is 1. The molecule has 2 nitrogen and oxygen atoms in total. The molecule has 0 saturated heterocycles. The summed E-state index contributed by atoms with van der Waals surface area (Å²) >= 11 is 0. The van der Waals surface area contributed by atoms with Crippen molar-refractivity contribution in [2.24, 2.45) is 0 Å². The van der Waals surface area contributed by atoms with E-state index in [0.29, 0.717) is 5.92 Å². The van der Waals surface area contributed by atoms with Gasteiger partial charge in [0.2, 0.25) is 0 Å². The molecule has 18 heavy (non-hydrogen) atoms. The number of aliphatic carboxylic acids is 1. The highest BCUT2D eigenvalue weighted by Gasteiger charge is 2.25. The molecular formula is C16H20O2. The highest BCUT2D eigenvalue weighted by Crippen LogP contribution is 2.42. The van der Waals surface area contributed by atoms with Crippen molar-refractivity contribution in [2.45, 2.75) is 45.4 Å². The maximum Gasteiger partial charge on any atom is 0.328 e. The van der Waals surface area contributed by atoms with E-state index < -0.39 is 5.97 Å². The van der Waals surface area contributed by atoms with Crippen molar-refractivity contribution in [1.29, 1.82) is 0 Å². The van der Waals surface area contributed by atoms with Gasteiger partial charge in [-0.25, -0.2) is 4.79 Å². The van der Waals surface area contributed by atoms with Gasteiger partial charge in [0.15, 0.2) is 0 Å². The normalized spacial score (nSPS) is 21.1. The van der Waals surface area contributed by atoms with Crippen LogP contribution in [0.1, 0.15) is 56.7 Å². The van der Waals surface area contributed by atoms with E-state index in [1.807, 2.05) is 0 Å². The third kappa shape index (κ3) is 2.33. The van der Waals surface area contributed by atoms with Crippen LogP contribution in [0.3, 0.4) is 0 Å². The molecule has 1 aliphatic rings. The quantitative estimate of drug-likeness (QED) is 0.759. The van der Waals surface area contributed by atoms with E-state index >= 15 is 0 Å². The number of carboxylic acid groups (broad SMARTS) is 1. The van der Waals surface area contributed by atoms with Crippen molar-refractivity contribution in [3.05, 3.63) is 41.0 Å². The van der Waals surface area contributed by atoms with Gasteiger partial charge >= 0.3 is 5.97 Å².